The number of rotatable bonds is 8. The highest BCUT2D eigenvalue weighted by Gasteiger charge is 2.12. The Kier molecular flexibility index (Phi) is 6.65. The molecule has 0 radical (unpaired) electrons. The molecule has 0 heterocycles. The summed E-state index contributed by atoms with van der Waals surface area (Å²) in [5.74, 6) is 0. The number of hydrogen-bond donors (Lipinski definition) is 1. The molecule has 0 aromatic heterocycles. The minimum absolute atomic E-state index is 0.336. The molecule has 0 amide bonds. The first-order chi connectivity index (χ1) is 9.33. The lowest BCUT2D eigenvalue weighted by molar-refractivity contribution is 0.268. The van der Waals surface area contributed by atoms with Gasteiger partial charge in [0.2, 0.25) is 10.0 Å². The average Bonchev–Trinajstić information content (AvgIpc) is 2.38. The molecule has 1 aromatic rings. The van der Waals surface area contributed by atoms with Crippen LogP contribution in [-0.4, -0.2) is 39.5 Å². The third kappa shape index (κ3) is 5.61. The van der Waals surface area contributed by atoms with Crippen LogP contribution in [-0.2, 0) is 10.0 Å². The summed E-state index contributed by atoms with van der Waals surface area (Å²) in [5, 5.41) is 0. The topological polar surface area (TPSA) is 49.4 Å². The molecule has 114 valence electrons. The smallest absolute Gasteiger partial charge is 0.240 e. The van der Waals surface area contributed by atoms with Crippen molar-refractivity contribution in [1.82, 2.24) is 9.62 Å². The van der Waals surface area contributed by atoms with Crippen LogP contribution in [0, 0.1) is 6.92 Å². The number of benzene rings is 1. The van der Waals surface area contributed by atoms with E-state index in [4.69, 9.17) is 0 Å². The first-order valence-corrected chi connectivity index (χ1v) is 8.58. The summed E-state index contributed by atoms with van der Waals surface area (Å²) in [5.41, 5.74) is 1.06. The van der Waals surface area contributed by atoms with E-state index in [2.05, 4.69) is 30.5 Å². The van der Waals surface area contributed by atoms with E-state index < -0.39 is 10.0 Å². The van der Waals surface area contributed by atoms with Crippen LogP contribution >= 0.6 is 0 Å². The second kappa shape index (κ2) is 7.76. The van der Waals surface area contributed by atoms with Crippen molar-refractivity contribution in [1.29, 1.82) is 0 Å². The van der Waals surface area contributed by atoms with Crippen LogP contribution in [0.3, 0.4) is 0 Å². The molecule has 0 saturated heterocycles. The SMILES string of the molecule is Cc1ccc(S(=O)(=O)NCCCCN(C)C(C)C)cc1. The molecule has 0 aliphatic rings. The molecule has 0 spiro atoms. The summed E-state index contributed by atoms with van der Waals surface area (Å²) < 4.78 is 26.7. The second-order valence-corrected chi connectivity index (χ2v) is 7.26. The summed E-state index contributed by atoms with van der Waals surface area (Å²) in [6, 6.07) is 7.44. The van der Waals surface area contributed by atoms with Crippen molar-refractivity contribution < 1.29 is 8.42 Å². The maximum atomic E-state index is 12.0. The standard InChI is InChI=1S/C15H26N2O2S/c1-13(2)17(4)12-6-5-11-16-20(18,19)15-9-7-14(3)8-10-15/h7-10,13,16H,5-6,11-12H2,1-4H3. The summed E-state index contributed by atoms with van der Waals surface area (Å²) in [6.45, 7) is 7.72. The Morgan fingerprint density at radius 3 is 2.30 bits per heavy atom. The van der Waals surface area contributed by atoms with Gasteiger partial charge in [-0.2, -0.15) is 0 Å². The minimum Gasteiger partial charge on any atom is -0.304 e. The third-order valence-electron chi connectivity index (χ3n) is 3.44. The molecule has 1 rings (SSSR count). The van der Waals surface area contributed by atoms with Gasteiger partial charge in [0.05, 0.1) is 4.90 Å². The third-order valence-corrected chi connectivity index (χ3v) is 4.92. The molecule has 0 fully saturated rings. The summed E-state index contributed by atoms with van der Waals surface area (Å²) in [4.78, 5) is 2.59. The number of nitrogens with zero attached hydrogens (tertiary/aromatic N) is 1. The van der Waals surface area contributed by atoms with Crippen LogP contribution in [0.1, 0.15) is 32.3 Å². The number of unbranched alkanes of at least 4 members (excludes halogenated alkanes) is 1. The lowest BCUT2D eigenvalue weighted by Crippen LogP contribution is -2.29. The maximum Gasteiger partial charge on any atom is 0.240 e. The summed E-state index contributed by atoms with van der Waals surface area (Å²) in [7, 11) is -1.27. The van der Waals surface area contributed by atoms with Gasteiger partial charge in [-0.1, -0.05) is 17.7 Å². The molecule has 0 unspecified atom stereocenters. The summed E-state index contributed by atoms with van der Waals surface area (Å²) in [6.07, 6.45) is 1.84. The van der Waals surface area contributed by atoms with Crippen LogP contribution in [0.25, 0.3) is 0 Å². The Morgan fingerprint density at radius 1 is 1.15 bits per heavy atom. The molecule has 1 N–H and O–H groups in total. The normalized spacial score (nSPS) is 12.3. The lowest BCUT2D eigenvalue weighted by atomic mass is 10.2. The molecular formula is C15H26N2O2S. The first-order valence-electron chi connectivity index (χ1n) is 7.09. The van der Waals surface area contributed by atoms with E-state index in [0.29, 0.717) is 17.5 Å². The monoisotopic (exact) mass is 298 g/mol. The van der Waals surface area contributed by atoms with Gasteiger partial charge in [-0.3, -0.25) is 0 Å². The Hall–Kier alpha value is -0.910. The fourth-order valence-corrected chi connectivity index (χ4v) is 2.83. The predicted molar refractivity (Wildman–Crippen MR) is 83.4 cm³/mol. The van der Waals surface area contributed by atoms with E-state index in [-0.39, 0.29) is 0 Å². The predicted octanol–water partition coefficient (Wildman–Crippen LogP) is 2.39. The van der Waals surface area contributed by atoms with Gasteiger partial charge in [-0.25, -0.2) is 13.1 Å². The molecule has 5 heteroatoms. The quantitative estimate of drug-likeness (QED) is 0.750. The van der Waals surface area contributed by atoms with Crippen molar-refractivity contribution in [2.45, 2.75) is 44.6 Å². The number of nitrogens with one attached hydrogen (secondary N) is 1. The Labute approximate surface area is 123 Å². The lowest BCUT2D eigenvalue weighted by Gasteiger charge is -2.20. The van der Waals surface area contributed by atoms with Crippen LogP contribution in [0.2, 0.25) is 0 Å². The van der Waals surface area contributed by atoms with E-state index in [1.165, 1.54) is 0 Å². The fourth-order valence-electron chi connectivity index (χ4n) is 1.75. The Balaban J connectivity index is 2.36. The van der Waals surface area contributed by atoms with Gasteiger partial charge in [0.15, 0.2) is 0 Å². The number of hydrogen-bond acceptors (Lipinski definition) is 3. The zero-order chi connectivity index (χ0) is 15.2. The van der Waals surface area contributed by atoms with E-state index in [1.54, 1.807) is 12.1 Å². The Bertz CT molecular complexity index is 495. The van der Waals surface area contributed by atoms with Crippen LogP contribution in [0.5, 0.6) is 0 Å². The van der Waals surface area contributed by atoms with Gasteiger partial charge >= 0.3 is 0 Å². The minimum atomic E-state index is -3.36. The molecule has 0 saturated carbocycles. The number of sulfonamides is 1. The molecule has 0 bridgehead atoms. The zero-order valence-corrected chi connectivity index (χ0v) is 13.7. The van der Waals surface area contributed by atoms with Gasteiger partial charge in [-0.05, 0) is 59.3 Å². The molecule has 4 nitrogen and oxygen atoms in total. The molecular weight excluding hydrogens is 272 g/mol. The average molecular weight is 298 g/mol. The highest BCUT2D eigenvalue weighted by molar-refractivity contribution is 7.89. The van der Waals surface area contributed by atoms with E-state index in [0.717, 1.165) is 24.9 Å². The van der Waals surface area contributed by atoms with Crippen LogP contribution in [0.15, 0.2) is 29.2 Å². The van der Waals surface area contributed by atoms with Gasteiger partial charge in [0, 0.05) is 12.6 Å². The number of aryl methyl sites for hydroxylation is 1. The van der Waals surface area contributed by atoms with Gasteiger partial charge in [0.25, 0.3) is 0 Å². The van der Waals surface area contributed by atoms with Crippen molar-refractivity contribution in [3.05, 3.63) is 29.8 Å². The Morgan fingerprint density at radius 2 is 1.75 bits per heavy atom. The second-order valence-electron chi connectivity index (χ2n) is 5.49. The molecule has 20 heavy (non-hydrogen) atoms. The van der Waals surface area contributed by atoms with Crippen molar-refractivity contribution in [3.63, 3.8) is 0 Å². The maximum absolute atomic E-state index is 12.0. The largest absolute Gasteiger partial charge is 0.304 e. The zero-order valence-electron chi connectivity index (χ0n) is 12.9. The fraction of sp³-hybridized carbons (Fsp3) is 0.600. The van der Waals surface area contributed by atoms with Crippen LogP contribution in [0.4, 0.5) is 0 Å². The first kappa shape index (κ1) is 17.1. The molecule has 0 aliphatic heterocycles. The van der Waals surface area contributed by atoms with Crippen molar-refractivity contribution >= 4 is 10.0 Å². The van der Waals surface area contributed by atoms with Crippen molar-refractivity contribution in [2.24, 2.45) is 0 Å². The molecule has 0 aliphatic carbocycles. The van der Waals surface area contributed by atoms with Gasteiger partial charge < -0.3 is 4.90 Å². The highest BCUT2D eigenvalue weighted by Crippen LogP contribution is 2.09. The van der Waals surface area contributed by atoms with Gasteiger partial charge in [0.1, 0.15) is 0 Å². The van der Waals surface area contributed by atoms with E-state index in [9.17, 15) is 8.42 Å². The van der Waals surface area contributed by atoms with Crippen LogP contribution < -0.4 is 4.72 Å². The highest BCUT2D eigenvalue weighted by atomic mass is 32.2. The van der Waals surface area contributed by atoms with Crippen molar-refractivity contribution in [2.75, 3.05) is 20.1 Å². The van der Waals surface area contributed by atoms with E-state index in [1.807, 2.05) is 19.1 Å². The molecule has 1 aromatic carbocycles. The molecule has 0 atom stereocenters. The summed E-state index contributed by atoms with van der Waals surface area (Å²) >= 11 is 0. The van der Waals surface area contributed by atoms with E-state index >= 15 is 0 Å². The van der Waals surface area contributed by atoms with Gasteiger partial charge in [-0.15, -0.1) is 0 Å². The van der Waals surface area contributed by atoms with Crippen molar-refractivity contribution in [3.8, 4) is 0 Å².